The van der Waals surface area contributed by atoms with Gasteiger partial charge in [-0.3, -0.25) is 19.1 Å². The zero-order valence-electron chi connectivity index (χ0n) is 18.1. The number of amides is 2. The van der Waals surface area contributed by atoms with Crippen molar-refractivity contribution >= 4 is 23.4 Å². The minimum atomic E-state index is -0.449. The maximum absolute atomic E-state index is 13.6. The van der Waals surface area contributed by atoms with Crippen LogP contribution in [0.1, 0.15) is 35.1 Å². The molecule has 1 atom stereocenters. The number of imide groups is 1. The molecule has 0 bridgehead atoms. The largest absolute Gasteiger partial charge is 0.425 e. The molecule has 0 fully saturated rings. The lowest BCUT2D eigenvalue weighted by atomic mass is 10.1. The van der Waals surface area contributed by atoms with E-state index in [1.54, 1.807) is 35.8 Å². The number of para-hydroxylation sites is 1. The first kappa shape index (κ1) is 22.7. The number of hydrogen-bond acceptors (Lipinski definition) is 6. The Morgan fingerprint density at radius 3 is 2.55 bits per heavy atom. The molecule has 3 aromatic rings. The number of carbonyl (C=O) groups excluding carboxylic acids is 2. The van der Waals surface area contributed by atoms with E-state index >= 15 is 0 Å². The van der Waals surface area contributed by atoms with Crippen LogP contribution in [0.2, 0.25) is 5.02 Å². The summed E-state index contributed by atoms with van der Waals surface area (Å²) in [6.45, 7) is 2.23. The maximum atomic E-state index is 13.6. The molecule has 0 saturated carbocycles. The Balaban J connectivity index is 1.78. The number of halogens is 1. The molecule has 1 aliphatic heterocycles. The van der Waals surface area contributed by atoms with E-state index in [9.17, 15) is 14.5 Å². The fraction of sp³-hybridized carbons (Fsp3) is 0.292. The number of carbonyl (C=O) groups is 2. The molecule has 2 amide bonds. The molecule has 8 nitrogen and oxygen atoms in total. The lowest BCUT2D eigenvalue weighted by Gasteiger charge is -2.21. The Morgan fingerprint density at radius 1 is 1.12 bits per heavy atom. The van der Waals surface area contributed by atoms with Crippen molar-refractivity contribution in [2.45, 2.75) is 26.3 Å². The molecule has 2 aromatic carbocycles. The third-order valence-corrected chi connectivity index (χ3v) is 5.73. The predicted octanol–water partition coefficient (Wildman–Crippen LogP) is 4.69. The second-order valence-corrected chi connectivity index (χ2v) is 8.36. The molecule has 1 unspecified atom stereocenters. The van der Waals surface area contributed by atoms with Gasteiger partial charge in [0.05, 0.1) is 18.8 Å². The van der Waals surface area contributed by atoms with E-state index < -0.39 is 11.8 Å². The Labute approximate surface area is 196 Å². The Kier molecular flexibility index (Phi) is 6.84. The van der Waals surface area contributed by atoms with Crippen LogP contribution < -0.4 is 4.74 Å². The average Bonchev–Trinajstić information content (AvgIpc) is 3.10. The Bertz CT molecular complexity index is 1160. The Hall–Kier alpha value is -3.52. The summed E-state index contributed by atoms with van der Waals surface area (Å²) in [4.78, 5) is 42.8. The number of ether oxygens (including phenoxy) is 1. The number of imidazole rings is 1. The highest BCUT2D eigenvalue weighted by atomic mass is 35.5. The monoisotopic (exact) mass is 466 g/mol. The van der Waals surface area contributed by atoms with Crippen LogP contribution in [0, 0.1) is 10.8 Å². The predicted molar refractivity (Wildman–Crippen MR) is 123 cm³/mol. The molecular formula is C24H23ClN4O4. The standard InChI is InChI=1S/C24H23ClN4O4/c1-16-14-20-21(23(31)28(22(16)30)13-5-12-26-32)29(15-17-8-10-18(25)11-9-17)24(27-20)33-19-6-3-2-4-7-19/h2-4,6-11,16H,5,12-15H2,1H3. The SMILES string of the molecule is CC1Cc2nc(Oc3ccccc3)n(Cc3ccc(Cl)cc3)c2C(=O)N(CCCN=O)C1=O. The van der Waals surface area contributed by atoms with Crippen molar-refractivity contribution in [2.24, 2.45) is 11.1 Å². The fourth-order valence-electron chi connectivity index (χ4n) is 3.83. The van der Waals surface area contributed by atoms with Gasteiger partial charge in [0.2, 0.25) is 5.91 Å². The second kappa shape index (κ2) is 9.95. The van der Waals surface area contributed by atoms with Gasteiger partial charge in [-0.25, -0.2) is 0 Å². The van der Waals surface area contributed by atoms with Gasteiger partial charge in [-0.15, -0.1) is 0 Å². The van der Waals surface area contributed by atoms with Gasteiger partial charge in [-0.05, 0) is 36.2 Å². The molecule has 0 saturated heterocycles. The molecule has 1 aromatic heterocycles. The third-order valence-electron chi connectivity index (χ3n) is 5.48. The molecule has 2 heterocycles. The third kappa shape index (κ3) is 4.96. The van der Waals surface area contributed by atoms with Crippen molar-refractivity contribution < 1.29 is 14.3 Å². The Morgan fingerprint density at radius 2 is 1.85 bits per heavy atom. The van der Waals surface area contributed by atoms with Crippen molar-refractivity contribution in [1.29, 1.82) is 0 Å². The van der Waals surface area contributed by atoms with Gasteiger partial charge in [-0.1, -0.05) is 54.0 Å². The van der Waals surface area contributed by atoms with E-state index in [1.165, 1.54) is 4.90 Å². The first-order valence-electron chi connectivity index (χ1n) is 10.7. The van der Waals surface area contributed by atoms with Gasteiger partial charge in [0.15, 0.2) is 0 Å². The van der Waals surface area contributed by atoms with Gasteiger partial charge in [0.25, 0.3) is 5.91 Å². The molecular weight excluding hydrogens is 444 g/mol. The van der Waals surface area contributed by atoms with Crippen LogP contribution >= 0.6 is 11.6 Å². The fourth-order valence-corrected chi connectivity index (χ4v) is 3.95. The summed E-state index contributed by atoms with van der Waals surface area (Å²) in [7, 11) is 0. The number of rotatable bonds is 8. The molecule has 4 rings (SSSR count). The summed E-state index contributed by atoms with van der Waals surface area (Å²) in [5.41, 5.74) is 1.72. The summed E-state index contributed by atoms with van der Waals surface area (Å²) in [6, 6.07) is 16.7. The summed E-state index contributed by atoms with van der Waals surface area (Å²) in [6.07, 6.45) is 0.614. The molecule has 1 aliphatic rings. The molecule has 170 valence electrons. The van der Waals surface area contributed by atoms with Crippen molar-refractivity contribution in [2.75, 3.05) is 13.1 Å². The minimum absolute atomic E-state index is 0.0324. The second-order valence-electron chi connectivity index (χ2n) is 7.92. The van der Waals surface area contributed by atoms with E-state index in [2.05, 4.69) is 10.2 Å². The molecule has 0 spiro atoms. The van der Waals surface area contributed by atoms with Crippen molar-refractivity contribution in [1.82, 2.24) is 14.5 Å². The van der Waals surface area contributed by atoms with Gasteiger partial charge in [0.1, 0.15) is 11.4 Å². The molecule has 0 N–H and O–H groups in total. The average molecular weight is 467 g/mol. The smallest absolute Gasteiger partial charge is 0.303 e. The van der Waals surface area contributed by atoms with Crippen molar-refractivity contribution in [3.63, 3.8) is 0 Å². The van der Waals surface area contributed by atoms with E-state index in [0.717, 1.165) is 5.56 Å². The first-order chi connectivity index (χ1) is 16.0. The van der Waals surface area contributed by atoms with Crippen LogP contribution in [0.25, 0.3) is 0 Å². The number of nitroso groups, excluding NO2 is 1. The number of benzene rings is 2. The number of aromatic nitrogens is 2. The molecule has 9 heteroatoms. The topological polar surface area (TPSA) is 93.9 Å². The van der Waals surface area contributed by atoms with Crippen LogP contribution in [0.3, 0.4) is 0 Å². The maximum Gasteiger partial charge on any atom is 0.303 e. The highest BCUT2D eigenvalue weighted by Gasteiger charge is 2.37. The zero-order chi connectivity index (χ0) is 23.4. The highest BCUT2D eigenvalue weighted by Crippen LogP contribution is 2.30. The summed E-state index contributed by atoms with van der Waals surface area (Å²) in [5.74, 6) is -0.592. The van der Waals surface area contributed by atoms with Gasteiger partial charge in [-0.2, -0.15) is 9.89 Å². The summed E-state index contributed by atoms with van der Waals surface area (Å²) >= 11 is 6.03. The molecule has 33 heavy (non-hydrogen) atoms. The van der Waals surface area contributed by atoms with Crippen LogP contribution in [0.15, 0.2) is 59.8 Å². The highest BCUT2D eigenvalue weighted by molar-refractivity contribution is 6.30. The van der Waals surface area contributed by atoms with Crippen molar-refractivity contribution in [3.8, 4) is 11.8 Å². The van der Waals surface area contributed by atoms with E-state index in [4.69, 9.17) is 16.3 Å². The number of hydrogen-bond donors (Lipinski definition) is 0. The van der Waals surface area contributed by atoms with Crippen molar-refractivity contribution in [3.05, 3.63) is 81.5 Å². The van der Waals surface area contributed by atoms with E-state index in [0.29, 0.717) is 41.5 Å². The van der Waals surface area contributed by atoms with Gasteiger partial charge < -0.3 is 4.74 Å². The summed E-state index contributed by atoms with van der Waals surface area (Å²) in [5, 5.41) is 3.45. The molecule has 0 radical (unpaired) electrons. The lowest BCUT2D eigenvalue weighted by molar-refractivity contribution is -0.132. The van der Waals surface area contributed by atoms with Gasteiger partial charge >= 0.3 is 6.01 Å². The summed E-state index contributed by atoms with van der Waals surface area (Å²) < 4.78 is 7.76. The lowest BCUT2D eigenvalue weighted by Crippen LogP contribution is -2.40. The van der Waals surface area contributed by atoms with E-state index in [-0.39, 0.29) is 25.0 Å². The van der Waals surface area contributed by atoms with Crippen LogP contribution in [0.4, 0.5) is 0 Å². The van der Waals surface area contributed by atoms with Gasteiger partial charge in [0, 0.05) is 23.9 Å². The van der Waals surface area contributed by atoms with Crippen LogP contribution in [-0.4, -0.2) is 39.4 Å². The number of nitrogens with zero attached hydrogens (tertiary/aromatic N) is 4. The normalized spacial score (nSPS) is 15.8. The van der Waals surface area contributed by atoms with E-state index in [1.807, 2.05) is 30.3 Å². The molecule has 0 aliphatic carbocycles. The van der Waals surface area contributed by atoms with Crippen LogP contribution in [-0.2, 0) is 17.8 Å². The quantitative estimate of drug-likeness (QED) is 0.272. The first-order valence-corrected chi connectivity index (χ1v) is 11.1. The zero-order valence-corrected chi connectivity index (χ0v) is 18.9. The number of fused-ring (bicyclic) bond motifs is 1. The minimum Gasteiger partial charge on any atom is -0.425 e. The van der Waals surface area contributed by atoms with Crippen LogP contribution in [0.5, 0.6) is 11.8 Å².